The summed E-state index contributed by atoms with van der Waals surface area (Å²) in [5.41, 5.74) is 0.0450. The minimum Gasteiger partial charge on any atom is -0.406 e. The van der Waals surface area contributed by atoms with Crippen LogP contribution in [0.2, 0.25) is 0 Å². The number of amides is 3. The first-order valence-corrected chi connectivity index (χ1v) is 7.87. The summed E-state index contributed by atoms with van der Waals surface area (Å²) in [6.45, 7) is 0.336. The number of nitrogens with zero attached hydrogens (tertiary/aromatic N) is 2. The van der Waals surface area contributed by atoms with Gasteiger partial charge < -0.3 is 9.64 Å². The molecule has 0 spiro atoms. The van der Waals surface area contributed by atoms with Crippen LogP contribution in [0.5, 0.6) is 5.75 Å². The van der Waals surface area contributed by atoms with E-state index in [1.165, 1.54) is 17.0 Å². The molecule has 0 atom stereocenters. The molecule has 0 radical (unpaired) electrons. The molecule has 0 saturated carbocycles. The average molecular weight is 360 g/mol. The number of likely N-dealkylation sites (tertiary alicyclic amines) is 1. The van der Waals surface area contributed by atoms with Gasteiger partial charge in [0.05, 0.1) is 11.8 Å². The van der Waals surface area contributed by atoms with Crippen molar-refractivity contribution >= 4 is 28.8 Å². The predicted octanol–water partition coefficient (Wildman–Crippen LogP) is 2.10. The minimum atomic E-state index is -4.84. The van der Waals surface area contributed by atoms with Crippen molar-refractivity contribution in [2.24, 2.45) is 0 Å². The van der Waals surface area contributed by atoms with Gasteiger partial charge >= 0.3 is 6.36 Å². The number of hydrogen-bond acceptors (Lipinski definition) is 5. The molecule has 3 rings (SSSR count). The Balaban J connectivity index is 1.63. The quantitative estimate of drug-likeness (QED) is 0.826. The Kier molecular flexibility index (Phi) is 4.16. The van der Waals surface area contributed by atoms with Gasteiger partial charge in [0.2, 0.25) is 5.91 Å². The van der Waals surface area contributed by atoms with Crippen LogP contribution in [0.1, 0.15) is 10.4 Å². The van der Waals surface area contributed by atoms with Crippen LogP contribution in [0.4, 0.5) is 18.0 Å². The molecule has 2 heterocycles. The van der Waals surface area contributed by atoms with E-state index >= 15 is 0 Å². The van der Waals surface area contributed by atoms with Gasteiger partial charge in [0, 0.05) is 18.7 Å². The SMILES string of the molecule is O=C(c1cccc(OC(F)(F)F)c1)N1CC(N2C(=O)CSC2=O)C1. The molecule has 3 amide bonds. The molecule has 0 N–H and O–H groups in total. The molecule has 128 valence electrons. The molecule has 2 fully saturated rings. The maximum Gasteiger partial charge on any atom is 0.573 e. The third-order valence-electron chi connectivity index (χ3n) is 3.61. The zero-order valence-electron chi connectivity index (χ0n) is 12.1. The fourth-order valence-electron chi connectivity index (χ4n) is 2.51. The topological polar surface area (TPSA) is 66.9 Å². The third kappa shape index (κ3) is 3.32. The summed E-state index contributed by atoms with van der Waals surface area (Å²) >= 11 is 0.915. The zero-order chi connectivity index (χ0) is 17.5. The Hall–Kier alpha value is -2.23. The molecule has 1 aromatic rings. The van der Waals surface area contributed by atoms with Crippen LogP contribution < -0.4 is 4.74 Å². The highest BCUT2D eigenvalue weighted by molar-refractivity contribution is 8.14. The lowest BCUT2D eigenvalue weighted by molar-refractivity contribution is -0.274. The molecule has 2 aliphatic rings. The summed E-state index contributed by atoms with van der Waals surface area (Å²) in [5.74, 6) is -1.15. The van der Waals surface area contributed by atoms with Gasteiger partial charge in [-0.2, -0.15) is 0 Å². The standard InChI is InChI=1S/C14H11F3N2O4S/c15-14(16,17)23-10-3-1-2-8(4-10)12(21)18-5-9(6-18)19-11(20)7-24-13(19)22/h1-4,9H,5-7H2. The monoisotopic (exact) mass is 360 g/mol. The van der Waals surface area contributed by atoms with Gasteiger partial charge in [-0.1, -0.05) is 17.8 Å². The maximum atomic E-state index is 12.3. The van der Waals surface area contributed by atoms with Crippen molar-refractivity contribution < 1.29 is 32.3 Å². The van der Waals surface area contributed by atoms with Gasteiger partial charge in [0.1, 0.15) is 5.75 Å². The molecule has 24 heavy (non-hydrogen) atoms. The molecular formula is C14H11F3N2O4S. The zero-order valence-corrected chi connectivity index (χ0v) is 12.9. The fourth-order valence-corrected chi connectivity index (χ4v) is 3.29. The maximum absolute atomic E-state index is 12.3. The van der Waals surface area contributed by atoms with Gasteiger partial charge in [0.15, 0.2) is 0 Å². The predicted molar refractivity (Wildman–Crippen MR) is 77.5 cm³/mol. The van der Waals surface area contributed by atoms with E-state index < -0.39 is 18.0 Å². The molecule has 2 aliphatic heterocycles. The van der Waals surface area contributed by atoms with Gasteiger partial charge in [-0.05, 0) is 18.2 Å². The van der Waals surface area contributed by atoms with Crippen LogP contribution in [0.25, 0.3) is 0 Å². The van der Waals surface area contributed by atoms with Crippen molar-refractivity contribution in [3.63, 3.8) is 0 Å². The van der Waals surface area contributed by atoms with E-state index in [1.54, 1.807) is 0 Å². The Morgan fingerprint density at radius 2 is 1.96 bits per heavy atom. The molecule has 0 aromatic heterocycles. The number of rotatable bonds is 3. The number of hydrogen-bond donors (Lipinski definition) is 0. The van der Waals surface area contributed by atoms with Gasteiger partial charge in [0.25, 0.3) is 11.1 Å². The van der Waals surface area contributed by atoms with Crippen molar-refractivity contribution in [3.05, 3.63) is 29.8 Å². The number of alkyl halides is 3. The van der Waals surface area contributed by atoms with Crippen LogP contribution in [0.15, 0.2) is 24.3 Å². The number of ether oxygens (including phenoxy) is 1. The number of imide groups is 1. The lowest BCUT2D eigenvalue weighted by Gasteiger charge is -2.42. The third-order valence-corrected chi connectivity index (χ3v) is 4.45. The van der Waals surface area contributed by atoms with E-state index in [-0.39, 0.29) is 41.6 Å². The molecule has 0 bridgehead atoms. The Morgan fingerprint density at radius 1 is 1.25 bits per heavy atom. The van der Waals surface area contributed by atoms with Crippen molar-refractivity contribution in [1.29, 1.82) is 0 Å². The second-order valence-corrected chi connectivity index (χ2v) is 6.18. The summed E-state index contributed by atoms with van der Waals surface area (Å²) in [7, 11) is 0. The van der Waals surface area contributed by atoms with E-state index in [2.05, 4.69) is 4.74 Å². The molecule has 6 nitrogen and oxygen atoms in total. The number of halogens is 3. The smallest absolute Gasteiger partial charge is 0.406 e. The summed E-state index contributed by atoms with van der Waals surface area (Å²) in [6.07, 6.45) is -4.84. The first kappa shape index (κ1) is 16.6. The lowest BCUT2D eigenvalue weighted by atomic mass is 10.0. The normalized spacial score (nSPS) is 18.8. The van der Waals surface area contributed by atoms with Crippen LogP contribution in [-0.2, 0) is 4.79 Å². The van der Waals surface area contributed by atoms with Crippen molar-refractivity contribution in [2.75, 3.05) is 18.8 Å². The molecule has 0 unspecified atom stereocenters. The summed E-state index contributed by atoms with van der Waals surface area (Å²) < 4.78 is 40.4. The van der Waals surface area contributed by atoms with Crippen molar-refractivity contribution in [3.8, 4) is 5.75 Å². The highest BCUT2D eigenvalue weighted by Gasteiger charge is 2.43. The van der Waals surface area contributed by atoms with E-state index in [9.17, 15) is 27.6 Å². The molecule has 2 saturated heterocycles. The lowest BCUT2D eigenvalue weighted by Crippen LogP contribution is -2.62. The average Bonchev–Trinajstić information content (AvgIpc) is 2.76. The molecule has 0 aliphatic carbocycles. The van der Waals surface area contributed by atoms with Crippen LogP contribution in [-0.4, -0.2) is 58.1 Å². The first-order chi connectivity index (χ1) is 11.2. The van der Waals surface area contributed by atoms with Crippen molar-refractivity contribution in [1.82, 2.24) is 9.80 Å². The molecular weight excluding hydrogens is 349 g/mol. The molecule has 1 aromatic carbocycles. The highest BCUT2D eigenvalue weighted by atomic mass is 32.2. The van der Waals surface area contributed by atoms with E-state index in [0.29, 0.717) is 0 Å². The number of carbonyl (C=O) groups excluding carboxylic acids is 3. The fraction of sp³-hybridized carbons (Fsp3) is 0.357. The van der Waals surface area contributed by atoms with Crippen molar-refractivity contribution in [2.45, 2.75) is 12.4 Å². The number of thioether (sulfide) groups is 1. The van der Waals surface area contributed by atoms with Gasteiger partial charge in [-0.25, -0.2) is 0 Å². The van der Waals surface area contributed by atoms with E-state index in [0.717, 1.165) is 28.8 Å². The summed E-state index contributed by atoms with van der Waals surface area (Å²) in [6, 6.07) is 4.39. The minimum absolute atomic E-state index is 0.0450. The number of carbonyl (C=O) groups is 3. The summed E-state index contributed by atoms with van der Waals surface area (Å²) in [5, 5.41) is -0.335. The van der Waals surface area contributed by atoms with Crippen LogP contribution in [0, 0.1) is 0 Å². The summed E-state index contributed by atoms with van der Waals surface area (Å²) in [4.78, 5) is 37.9. The Bertz CT molecular complexity index is 688. The van der Waals surface area contributed by atoms with Gasteiger partial charge in [-0.15, -0.1) is 13.2 Å². The van der Waals surface area contributed by atoms with E-state index in [1.807, 2.05) is 0 Å². The Labute approximate surface area is 138 Å². The van der Waals surface area contributed by atoms with Crippen LogP contribution in [0.3, 0.4) is 0 Å². The first-order valence-electron chi connectivity index (χ1n) is 6.88. The van der Waals surface area contributed by atoms with E-state index in [4.69, 9.17) is 0 Å². The highest BCUT2D eigenvalue weighted by Crippen LogP contribution is 2.28. The number of benzene rings is 1. The second-order valence-electron chi connectivity index (χ2n) is 5.26. The van der Waals surface area contributed by atoms with Gasteiger partial charge in [-0.3, -0.25) is 19.3 Å². The molecule has 10 heteroatoms. The second kappa shape index (κ2) is 6.00. The van der Waals surface area contributed by atoms with Crippen LogP contribution >= 0.6 is 11.8 Å². The Morgan fingerprint density at radius 3 is 2.54 bits per heavy atom. The largest absolute Gasteiger partial charge is 0.573 e.